The molecule has 1 N–H and O–H groups in total. The second kappa shape index (κ2) is 8.38. The molecule has 28 heavy (non-hydrogen) atoms. The Labute approximate surface area is 168 Å². The fourth-order valence-corrected chi connectivity index (χ4v) is 5.17. The second-order valence-corrected chi connectivity index (χ2v) is 9.95. The van der Waals surface area contributed by atoms with Gasteiger partial charge in [-0.1, -0.05) is 6.07 Å². The maximum absolute atomic E-state index is 12.4. The first-order chi connectivity index (χ1) is 13.3. The first-order valence-corrected chi connectivity index (χ1v) is 11.2. The summed E-state index contributed by atoms with van der Waals surface area (Å²) in [5.74, 6) is -0.181. The highest BCUT2D eigenvalue weighted by Gasteiger charge is 2.21. The Morgan fingerprint density at radius 2 is 2.14 bits per heavy atom. The van der Waals surface area contributed by atoms with E-state index in [1.165, 1.54) is 22.7 Å². The number of carbonyl (C=O) groups excluding carboxylic acids is 1. The highest BCUT2D eigenvalue weighted by molar-refractivity contribution is 7.91. The van der Waals surface area contributed by atoms with Crippen LogP contribution in [0.5, 0.6) is 0 Å². The topological polar surface area (TPSA) is 97.2 Å². The lowest BCUT2D eigenvalue weighted by atomic mass is 10.2. The van der Waals surface area contributed by atoms with Crippen molar-refractivity contribution in [1.82, 2.24) is 19.1 Å². The predicted molar refractivity (Wildman–Crippen MR) is 110 cm³/mol. The van der Waals surface area contributed by atoms with Crippen molar-refractivity contribution < 1.29 is 13.2 Å². The van der Waals surface area contributed by atoms with E-state index in [4.69, 9.17) is 0 Å². The summed E-state index contributed by atoms with van der Waals surface area (Å²) in [6, 6.07) is 5.31. The van der Waals surface area contributed by atoms with Crippen molar-refractivity contribution in [2.45, 2.75) is 36.9 Å². The molecule has 3 aromatic heterocycles. The molecule has 150 valence electrons. The Kier molecular flexibility index (Phi) is 6.11. The number of fused-ring (bicyclic) bond motifs is 1. The highest BCUT2D eigenvalue weighted by atomic mass is 32.2. The van der Waals surface area contributed by atoms with E-state index in [0.717, 1.165) is 11.0 Å². The van der Waals surface area contributed by atoms with Gasteiger partial charge in [0.2, 0.25) is 5.91 Å². The van der Waals surface area contributed by atoms with Gasteiger partial charge in [-0.05, 0) is 37.8 Å². The van der Waals surface area contributed by atoms with Crippen molar-refractivity contribution in [3.63, 3.8) is 0 Å². The van der Waals surface area contributed by atoms with Crippen molar-refractivity contribution in [3.8, 4) is 0 Å². The van der Waals surface area contributed by atoms with Gasteiger partial charge in [0.25, 0.3) is 10.0 Å². The molecule has 8 nitrogen and oxygen atoms in total. The smallest absolute Gasteiger partial charge is 0.252 e. The summed E-state index contributed by atoms with van der Waals surface area (Å²) >= 11 is 1.18. The number of aromatic nitrogens is 3. The average molecular weight is 422 g/mol. The number of amides is 1. The Hall–Kier alpha value is -2.30. The quantitative estimate of drug-likeness (QED) is 0.603. The maximum Gasteiger partial charge on any atom is 0.252 e. The zero-order valence-corrected chi connectivity index (χ0v) is 17.6. The van der Waals surface area contributed by atoms with E-state index < -0.39 is 10.0 Å². The van der Waals surface area contributed by atoms with Crippen molar-refractivity contribution in [3.05, 3.63) is 36.0 Å². The summed E-state index contributed by atoms with van der Waals surface area (Å²) < 4.78 is 28.1. The number of sulfonamides is 1. The van der Waals surface area contributed by atoms with Gasteiger partial charge in [-0.15, -0.1) is 11.3 Å². The molecule has 0 aromatic carbocycles. The van der Waals surface area contributed by atoms with Gasteiger partial charge in [-0.25, -0.2) is 22.4 Å². The largest absolute Gasteiger partial charge is 0.325 e. The van der Waals surface area contributed by atoms with Crippen LogP contribution in [0.15, 0.2) is 40.2 Å². The van der Waals surface area contributed by atoms with Crippen LogP contribution in [0.3, 0.4) is 0 Å². The van der Waals surface area contributed by atoms with Gasteiger partial charge in [-0.2, -0.15) is 5.10 Å². The number of thiophene rings is 1. The lowest BCUT2D eigenvalue weighted by Gasteiger charge is -2.15. The zero-order valence-electron chi connectivity index (χ0n) is 16.0. The number of hydrogen-bond donors (Lipinski definition) is 1. The summed E-state index contributed by atoms with van der Waals surface area (Å²) in [6.45, 7) is 4.32. The number of hydrogen-bond acceptors (Lipinski definition) is 6. The number of carbonyl (C=O) groups is 1. The van der Waals surface area contributed by atoms with E-state index >= 15 is 0 Å². The molecule has 0 spiro atoms. The van der Waals surface area contributed by atoms with E-state index in [9.17, 15) is 13.2 Å². The van der Waals surface area contributed by atoms with Crippen molar-refractivity contribution in [1.29, 1.82) is 0 Å². The van der Waals surface area contributed by atoms with Gasteiger partial charge < -0.3 is 5.32 Å². The number of anilines is 1. The van der Waals surface area contributed by atoms with Crippen LogP contribution in [0.25, 0.3) is 11.0 Å². The van der Waals surface area contributed by atoms with Crippen LogP contribution in [0.4, 0.5) is 5.69 Å². The van der Waals surface area contributed by atoms with Crippen LogP contribution in [0, 0.1) is 0 Å². The first kappa shape index (κ1) is 20.4. The minimum atomic E-state index is -3.48. The third-order valence-corrected chi connectivity index (χ3v) is 7.47. The Balaban J connectivity index is 1.54. The average Bonchev–Trinajstić information content (AvgIpc) is 3.31. The van der Waals surface area contributed by atoms with Crippen molar-refractivity contribution in [2.75, 3.05) is 18.9 Å². The molecule has 0 radical (unpaired) electrons. The molecule has 3 rings (SSSR count). The number of nitrogens with one attached hydrogen (secondary N) is 1. The molecule has 1 amide bonds. The van der Waals surface area contributed by atoms with Crippen LogP contribution in [0.1, 0.15) is 32.7 Å². The van der Waals surface area contributed by atoms with Crippen molar-refractivity contribution in [2.24, 2.45) is 0 Å². The molecule has 0 saturated carbocycles. The van der Waals surface area contributed by atoms with E-state index in [2.05, 4.69) is 15.4 Å². The number of rotatable bonds is 8. The Morgan fingerprint density at radius 1 is 1.36 bits per heavy atom. The second-order valence-electron chi connectivity index (χ2n) is 6.73. The summed E-state index contributed by atoms with van der Waals surface area (Å²) in [5.41, 5.74) is 1.37. The molecule has 0 bridgehead atoms. The van der Waals surface area contributed by atoms with Crippen LogP contribution in [-0.4, -0.2) is 47.0 Å². The molecule has 0 aliphatic heterocycles. The predicted octanol–water partition coefficient (Wildman–Crippen LogP) is 3.11. The minimum absolute atomic E-state index is 0.181. The van der Waals surface area contributed by atoms with E-state index in [0.29, 0.717) is 16.3 Å². The van der Waals surface area contributed by atoms with E-state index in [-0.39, 0.29) is 24.9 Å². The summed E-state index contributed by atoms with van der Waals surface area (Å²) in [7, 11) is -1.96. The minimum Gasteiger partial charge on any atom is -0.325 e. The maximum atomic E-state index is 12.4. The van der Waals surface area contributed by atoms with Gasteiger partial charge in [0.1, 0.15) is 4.21 Å². The van der Waals surface area contributed by atoms with Crippen LogP contribution >= 0.6 is 11.3 Å². The standard InChI is InChI=1S/C18H23N5O3S2/c1-13(2)23-18-14(11-20-23)10-15(12-19-18)21-16(24)6-4-8-22(3)28(25,26)17-7-5-9-27-17/h5,7,9-13H,4,6,8H2,1-3H3,(H,21,24). The molecule has 10 heteroatoms. The van der Waals surface area contributed by atoms with Crippen LogP contribution < -0.4 is 5.32 Å². The van der Waals surface area contributed by atoms with E-state index in [1.807, 2.05) is 24.6 Å². The molecule has 0 aliphatic rings. The van der Waals surface area contributed by atoms with Crippen LogP contribution in [-0.2, 0) is 14.8 Å². The van der Waals surface area contributed by atoms with Crippen LogP contribution in [0.2, 0.25) is 0 Å². The number of pyridine rings is 1. The molecule has 0 saturated heterocycles. The summed E-state index contributed by atoms with van der Waals surface area (Å²) in [6.07, 6.45) is 3.97. The first-order valence-electron chi connectivity index (χ1n) is 8.92. The molecule has 0 aliphatic carbocycles. The SMILES string of the molecule is CC(C)n1ncc2cc(NC(=O)CCCN(C)S(=O)(=O)c3cccs3)cnc21. The zero-order chi connectivity index (χ0) is 20.3. The summed E-state index contributed by atoms with van der Waals surface area (Å²) in [4.78, 5) is 16.6. The molecule has 3 aromatic rings. The molecular weight excluding hydrogens is 398 g/mol. The monoisotopic (exact) mass is 421 g/mol. The lowest BCUT2D eigenvalue weighted by molar-refractivity contribution is -0.116. The van der Waals surface area contributed by atoms with Gasteiger partial charge in [0, 0.05) is 31.4 Å². The molecule has 0 atom stereocenters. The van der Waals surface area contributed by atoms with Crippen molar-refractivity contribution >= 4 is 44.0 Å². The third kappa shape index (κ3) is 4.40. The summed E-state index contributed by atoms with van der Waals surface area (Å²) in [5, 5.41) is 9.70. The number of nitrogens with zero attached hydrogens (tertiary/aromatic N) is 4. The molecule has 0 fully saturated rings. The Morgan fingerprint density at radius 3 is 2.82 bits per heavy atom. The van der Waals surface area contributed by atoms with Gasteiger partial charge >= 0.3 is 0 Å². The van der Waals surface area contributed by atoms with Gasteiger partial charge in [0.05, 0.1) is 18.1 Å². The van der Waals surface area contributed by atoms with Gasteiger partial charge in [-0.3, -0.25) is 4.79 Å². The third-order valence-electron chi connectivity index (χ3n) is 4.24. The molecular formula is C18H23N5O3S2. The fourth-order valence-electron chi connectivity index (χ4n) is 2.76. The molecule has 0 unspecified atom stereocenters. The van der Waals surface area contributed by atoms with Gasteiger partial charge in [0.15, 0.2) is 5.65 Å². The molecule has 3 heterocycles. The lowest BCUT2D eigenvalue weighted by Crippen LogP contribution is -2.28. The Bertz CT molecular complexity index is 1060. The van der Waals surface area contributed by atoms with E-state index in [1.54, 1.807) is 29.9 Å². The highest BCUT2D eigenvalue weighted by Crippen LogP contribution is 2.21. The fraction of sp³-hybridized carbons (Fsp3) is 0.389. The normalized spacial score (nSPS) is 12.2.